The lowest BCUT2D eigenvalue weighted by atomic mass is 9.87. The van der Waals surface area contributed by atoms with Gasteiger partial charge in [0.25, 0.3) is 0 Å². The van der Waals surface area contributed by atoms with Gasteiger partial charge in [0.15, 0.2) is 0 Å². The van der Waals surface area contributed by atoms with Gasteiger partial charge in [-0.1, -0.05) is 44.2 Å². The first-order valence-corrected chi connectivity index (χ1v) is 13.5. The minimum atomic E-state index is -0.901. The average molecular weight is 504 g/mol. The van der Waals surface area contributed by atoms with Crippen LogP contribution in [0.4, 0.5) is 0 Å². The van der Waals surface area contributed by atoms with Crippen LogP contribution in [-0.2, 0) is 33.6 Å². The summed E-state index contributed by atoms with van der Waals surface area (Å²) in [6, 6.07) is 11.5. The predicted octanol–water partition coefficient (Wildman–Crippen LogP) is 3.34. The predicted molar refractivity (Wildman–Crippen MR) is 141 cm³/mol. The highest BCUT2D eigenvalue weighted by atomic mass is 16.5. The van der Waals surface area contributed by atoms with E-state index in [0.29, 0.717) is 18.6 Å². The quantitative estimate of drug-likeness (QED) is 0.607. The first kappa shape index (κ1) is 25.3. The van der Waals surface area contributed by atoms with Crippen molar-refractivity contribution in [2.75, 3.05) is 6.61 Å². The van der Waals surface area contributed by atoms with E-state index in [-0.39, 0.29) is 35.6 Å². The molecule has 0 aromatic heterocycles. The average Bonchev–Trinajstić information content (AvgIpc) is 3.49. The molecule has 2 aromatic rings. The van der Waals surface area contributed by atoms with E-state index >= 15 is 0 Å². The van der Waals surface area contributed by atoms with E-state index in [0.717, 1.165) is 30.6 Å². The van der Waals surface area contributed by atoms with Crippen LogP contribution < -0.4 is 15.4 Å². The molecular weight excluding hydrogens is 466 g/mol. The Balaban J connectivity index is 1.55. The zero-order valence-electron chi connectivity index (χ0n) is 22.1. The molecule has 3 aliphatic rings. The van der Waals surface area contributed by atoms with Gasteiger partial charge in [0.05, 0.1) is 6.61 Å². The molecule has 0 saturated carbocycles. The Bertz CT molecular complexity index is 1180. The summed E-state index contributed by atoms with van der Waals surface area (Å²) < 4.78 is 5.69. The van der Waals surface area contributed by atoms with Crippen LogP contribution >= 0.6 is 0 Å². The number of nitrogens with one attached hydrogen (secondary N) is 2. The number of benzene rings is 2. The highest BCUT2D eigenvalue weighted by Crippen LogP contribution is 2.37. The van der Waals surface area contributed by atoms with Crippen LogP contribution in [0.15, 0.2) is 42.5 Å². The largest absolute Gasteiger partial charge is 0.493 e. The van der Waals surface area contributed by atoms with E-state index in [9.17, 15) is 14.4 Å². The highest BCUT2D eigenvalue weighted by molar-refractivity contribution is 6.00. The van der Waals surface area contributed by atoms with Crippen molar-refractivity contribution in [1.82, 2.24) is 15.5 Å². The third-order valence-electron chi connectivity index (χ3n) is 7.69. The summed E-state index contributed by atoms with van der Waals surface area (Å²) in [5.41, 5.74) is 4.18. The van der Waals surface area contributed by atoms with Gasteiger partial charge in [-0.05, 0) is 79.3 Å². The molecule has 1 saturated heterocycles. The van der Waals surface area contributed by atoms with Crippen molar-refractivity contribution < 1.29 is 19.1 Å². The molecule has 3 atom stereocenters. The molecule has 2 heterocycles. The number of fused-ring (bicyclic) bond motifs is 2. The van der Waals surface area contributed by atoms with Crippen molar-refractivity contribution in [3.63, 3.8) is 0 Å². The molecule has 0 radical (unpaired) electrons. The number of hydrogen-bond donors (Lipinski definition) is 2. The van der Waals surface area contributed by atoms with Crippen LogP contribution in [0.3, 0.4) is 0 Å². The van der Waals surface area contributed by atoms with Crippen molar-refractivity contribution in [3.05, 3.63) is 64.7 Å². The fourth-order valence-corrected chi connectivity index (χ4v) is 6.05. The Hall–Kier alpha value is -3.35. The summed E-state index contributed by atoms with van der Waals surface area (Å²) in [5, 5.41) is 6.09. The van der Waals surface area contributed by atoms with E-state index in [1.165, 1.54) is 11.1 Å². The number of rotatable bonds is 7. The standard InChI is InChI=1S/C30H37N3O4/c1-17(2)13-24-28(34)32-26(23-14-19-7-5-6-8-20(19)15-23)30(36)33(24)27(29(35)31-18(3)4)22-9-10-25-21(16-22)11-12-37-25/h5-10,16-18,23-24,26-27H,11-15H2,1-4H3,(H,31,35)(H,32,34)/t24-,26-,27-/m1/s1. The molecule has 7 heteroatoms. The fourth-order valence-electron chi connectivity index (χ4n) is 6.05. The second-order valence-corrected chi connectivity index (χ2v) is 11.3. The molecule has 0 bridgehead atoms. The first-order valence-electron chi connectivity index (χ1n) is 13.5. The van der Waals surface area contributed by atoms with Crippen LogP contribution in [0.25, 0.3) is 0 Å². The summed E-state index contributed by atoms with van der Waals surface area (Å²) in [4.78, 5) is 43.4. The molecule has 0 unspecified atom stereocenters. The third kappa shape index (κ3) is 4.96. The number of carbonyl (C=O) groups is 3. The Morgan fingerprint density at radius 2 is 1.76 bits per heavy atom. The number of carbonyl (C=O) groups excluding carboxylic acids is 3. The Labute approximate surface area is 218 Å². The van der Waals surface area contributed by atoms with Crippen LogP contribution in [0, 0.1) is 11.8 Å². The van der Waals surface area contributed by atoms with Gasteiger partial charge in [-0.3, -0.25) is 14.4 Å². The lowest BCUT2D eigenvalue weighted by molar-refractivity contribution is -0.158. The lowest BCUT2D eigenvalue weighted by Crippen LogP contribution is -2.67. The molecule has 7 nitrogen and oxygen atoms in total. The lowest BCUT2D eigenvalue weighted by Gasteiger charge is -2.45. The summed E-state index contributed by atoms with van der Waals surface area (Å²) >= 11 is 0. The summed E-state index contributed by atoms with van der Waals surface area (Å²) in [5.74, 6) is 0.317. The van der Waals surface area contributed by atoms with E-state index in [2.05, 4.69) is 22.8 Å². The number of amides is 3. The van der Waals surface area contributed by atoms with Crippen molar-refractivity contribution in [2.24, 2.45) is 11.8 Å². The van der Waals surface area contributed by atoms with Crippen LogP contribution in [0.1, 0.15) is 62.4 Å². The number of nitrogens with zero attached hydrogens (tertiary/aromatic N) is 1. The van der Waals surface area contributed by atoms with Gasteiger partial charge in [0, 0.05) is 12.5 Å². The topological polar surface area (TPSA) is 87.7 Å². The number of hydrogen-bond acceptors (Lipinski definition) is 4. The van der Waals surface area contributed by atoms with Crippen LogP contribution in [0.5, 0.6) is 5.75 Å². The number of ether oxygens (including phenoxy) is 1. The minimum Gasteiger partial charge on any atom is -0.493 e. The molecule has 2 N–H and O–H groups in total. The Morgan fingerprint density at radius 1 is 1.05 bits per heavy atom. The van der Waals surface area contributed by atoms with Crippen molar-refractivity contribution in [2.45, 2.75) is 77.5 Å². The zero-order valence-corrected chi connectivity index (χ0v) is 22.1. The van der Waals surface area contributed by atoms with Crippen LogP contribution in [0.2, 0.25) is 0 Å². The van der Waals surface area contributed by atoms with Gasteiger partial charge in [0.1, 0.15) is 23.9 Å². The van der Waals surface area contributed by atoms with Crippen molar-refractivity contribution in [3.8, 4) is 5.75 Å². The molecule has 37 heavy (non-hydrogen) atoms. The SMILES string of the molecule is CC(C)C[C@@H]1C(=O)N[C@H](C2Cc3ccccc3C2)C(=O)N1[C@@H](C(=O)NC(C)C)c1ccc2c(c1)CCO2. The van der Waals surface area contributed by atoms with E-state index in [1.54, 1.807) is 4.90 Å². The second-order valence-electron chi connectivity index (χ2n) is 11.3. The van der Waals surface area contributed by atoms with E-state index < -0.39 is 18.1 Å². The maximum absolute atomic E-state index is 14.3. The zero-order chi connectivity index (χ0) is 26.3. The molecule has 1 fully saturated rings. The molecular formula is C30H37N3O4. The van der Waals surface area contributed by atoms with Gasteiger partial charge in [-0.25, -0.2) is 0 Å². The highest BCUT2D eigenvalue weighted by Gasteiger charge is 2.49. The normalized spacial score (nSPS) is 22.1. The van der Waals surface area contributed by atoms with Crippen molar-refractivity contribution >= 4 is 17.7 Å². The summed E-state index contributed by atoms with van der Waals surface area (Å²) in [7, 11) is 0. The molecule has 2 aromatic carbocycles. The minimum absolute atomic E-state index is 0.0430. The van der Waals surface area contributed by atoms with E-state index in [1.807, 2.05) is 58.0 Å². The second kappa shape index (κ2) is 10.2. The van der Waals surface area contributed by atoms with Gasteiger partial charge >= 0.3 is 0 Å². The number of piperazine rings is 1. The van der Waals surface area contributed by atoms with Gasteiger partial charge in [-0.15, -0.1) is 0 Å². The Kier molecular flexibility index (Phi) is 6.97. The maximum Gasteiger partial charge on any atom is 0.247 e. The van der Waals surface area contributed by atoms with Gasteiger partial charge in [-0.2, -0.15) is 0 Å². The summed E-state index contributed by atoms with van der Waals surface area (Å²) in [6.45, 7) is 8.48. The summed E-state index contributed by atoms with van der Waals surface area (Å²) in [6.07, 6.45) is 2.70. The monoisotopic (exact) mass is 503 g/mol. The first-order chi connectivity index (χ1) is 17.7. The van der Waals surface area contributed by atoms with Crippen molar-refractivity contribution in [1.29, 1.82) is 0 Å². The molecule has 5 rings (SSSR count). The van der Waals surface area contributed by atoms with Gasteiger partial charge < -0.3 is 20.3 Å². The third-order valence-corrected chi connectivity index (χ3v) is 7.69. The van der Waals surface area contributed by atoms with E-state index in [4.69, 9.17) is 4.74 Å². The van der Waals surface area contributed by atoms with Gasteiger partial charge in [0.2, 0.25) is 17.7 Å². The molecule has 0 spiro atoms. The van der Waals surface area contributed by atoms with Crippen LogP contribution in [-0.4, -0.2) is 47.4 Å². The Morgan fingerprint density at radius 3 is 2.41 bits per heavy atom. The molecule has 1 aliphatic carbocycles. The molecule has 196 valence electrons. The molecule has 3 amide bonds. The fraction of sp³-hybridized carbons (Fsp3) is 0.500. The maximum atomic E-state index is 14.3. The molecule has 2 aliphatic heterocycles. The smallest absolute Gasteiger partial charge is 0.247 e.